The van der Waals surface area contributed by atoms with Crippen LogP contribution < -0.4 is 15.2 Å². The van der Waals surface area contributed by atoms with Crippen LogP contribution in [0.4, 0.5) is 17.1 Å². The van der Waals surface area contributed by atoms with E-state index in [1.54, 1.807) is 30.3 Å². The number of anilines is 1. The molecule has 0 atom stereocenters. The first-order valence-electron chi connectivity index (χ1n) is 18.6. The highest BCUT2D eigenvalue weighted by atomic mass is 32.2. The molecule has 0 fully saturated rings. The van der Waals surface area contributed by atoms with Gasteiger partial charge in [-0.1, -0.05) is 127 Å². The summed E-state index contributed by atoms with van der Waals surface area (Å²) in [4.78, 5) is 15.3. The minimum absolute atomic E-state index is 0.0645. The molecule has 0 radical (unpaired) electrons. The quantitative estimate of drug-likeness (QED) is 0.0446. The Balaban J connectivity index is 1.44. The van der Waals surface area contributed by atoms with Gasteiger partial charge in [0.05, 0.1) is 17.1 Å². The number of nitrogens with one attached hydrogen (secondary N) is 1. The van der Waals surface area contributed by atoms with Gasteiger partial charge in [-0.25, -0.2) is 4.68 Å². The lowest BCUT2D eigenvalue weighted by Gasteiger charge is -2.13. The van der Waals surface area contributed by atoms with Gasteiger partial charge in [0.2, 0.25) is 0 Å². The number of unbranched alkanes of at least 4 members (excludes halogenated alkanes) is 14. The zero-order chi connectivity index (χ0) is 36.5. The van der Waals surface area contributed by atoms with Gasteiger partial charge in [0.25, 0.3) is 15.7 Å². The molecule has 0 unspecified atom stereocenters. The predicted octanol–water partition coefficient (Wildman–Crippen LogP) is 11.1. The highest BCUT2D eigenvalue weighted by molar-refractivity contribution is 7.86. The number of hydrogen-bond acceptors (Lipinski definition) is 7. The molecule has 0 aliphatic carbocycles. The van der Waals surface area contributed by atoms with Crippen molar-refractivity contribution >= 4 is 27.2 Å². The molecule has 0 aliphatic rings. The third-order valence-corrected chi connectivity index (χ3v) is 9.90. The molecular weight excluding hydrogens is 663 g/mol. The van der Waals surface area contributed by atoms with Crippen LogP contribution in [0, 0.1) is 0 Å². The lowest BCUT2D eigenvalue weighted by molar-refractivity contribution is 0.449. The van der Waals surface area contributed by atoms with Gasteiger partial charge < -0.3 is 9.64 Å². The van der Waals surface area contributed by atoms with Crippen LogP contribution >= 0.6 is 0 Å². The van der Waals surface area contributed by atoms with Crippen molar-refractivity contribution in [2.45, 2.75) is 115 Å². The third kappa shape index (κ3) is 12.5. The molecule has 0 spiro atoms. The van der Waals surface area contributed by atoms with Crippen LogP contribution in [0.25, 0.3) is 5.69 Å². The summed E-state index contributed by atoms with van der Waals surface area (Å²) in [5.41, 5.74) is 1.97. The van der Waals surface area contributed by atoms with Crippen LogP contribution in [0.15, 0.2) is 92.7 Å². The standard InChI is InChI=1S/C40H55N5O5S/c1-4-5-6-7-8-9-10-11-12-13-14-15-16-17-21-27-35-39(42-41-34-26-22-23-28-36(34)44(2)3)40(46)45(43-35)32-29-30-37(38(31-32)51(47,48)49)50-33-24-19-18-20-25-33/h18-20,22-26,28-31,43H,4-17,21,27H2,1-3H3,(H,47,48,49). The van der Waals surface area contributed by atoms with Crippen LogP contribution in [0.1, 0.15) is 109 Å². The van der Waals surface area contributed by atoms with E-state index in [4.69, 9.17) is 4.74 Å². The van der Waals surface area contributed by atoms with E-state index in [1.165, 1.54) is 93.9 Å². The van der Waals surface area contributed by atoms with Crippen molar-refractivity contribution in [3.63, 3.8) is 0 Å². The summed E-state index contributed by atoms with van der Waals surface area (Å²) in [6.45, 7) is 2.26. The number of para-hydroxylation sites is 2. The maximum atomic E-state index is 13.9. The summed E-state index contributed by atoms with van der Waals surface area (Å²) < 4.78 is 42.0. The second-order valence-electron chi connectivity index (χ2n) is 13.4. The second kappa shape index (κ2) is 20.6. The van der Waals surface area contributed by atoms with Gasteiger partial charge in [-0.3, -0.25) is 14.4 Å². The minimum atomic E-state index is -4.70. The lowest BCUT2D eigenvalue weighted by atomic mass is 10.0. The Morgan fingerprint density at radius 2 is 1.31 bits per heavy atom. The summed E-state index contributed by atoms with van der Waals surface area (Å²) in [6, 6.07) is 20.4. The number of benzene rings is 3. The number of rotatable bonds is 23. The molecule has 0 bridgehead atoms. The van der Waals surface area contributed by atoms with Gasteiger partial charge in [-0.15, -0.1) is 10.2 Å². The predicted molar refractivity (Wildman–Crippen MR) is 206 cm³/mol. The fourth-order valence-corrected chi connectivity index (χ4v) is 6.81. The fourth-order valence-electron chi connectivity index (χ4n) is 6.17. The summed E-state index contributed by atoms with van der Waals surface area (Å²) >= 11 is 0. The average molecular weight is 718 g/mol. The molecule has 10 nitrogen and oxygen atoms in total. The number of azo groups is 1. The average Bonchev–Trinajstić information content (AvgIpc) is 3.43. The van der Waals surface area contributed by atoms with E-state index in [1.807, 2.05) is 49.3 Å². The first-order valence-corrected chi connectivity index (χ1v) is 20.0. The van der Waals surface area contributed by atoms with Crippen LogP contribution in [0.5, 0.6) is 11.5 Å². The van der Waals surface area contributed by atoms with Crippen LogP contribution in [-0.4, -0.2) is 36.8 Å². The summed E-state index contributed by atoms with van der Waals surface area (Å²) in [5, 5.41) is 12.1. The Morgan fingerprint density at radius 1 is 0.745 bits per heavy atom. The smallest absolute Gasteiger partial charge is 0.299 e. The summed E-state index contributed by atoms with van der Waals surface area (Å²) in [5.74, 6) is 0.337. The molecule has 0 saturated carbocycles. The molecule has 2 N–H and O–H groups in total. The molecule has 3 aromatic carbocycles. The highest BCUT2D eigenvalue weighted by Gasteiger charge is 2.22. The van der Waals surface area contributed by atoms with Crippen molar-refractivity contribution in [1.82, 2.24) is 9.78 Å². The molecule has 0 amide bonds. The summed E-state index contributed by atoms with van der Waals surface area (Å²) in [6.07, 6.45) is 19.5. The lowest BCUT2D eigenvalue weighted by Crippen LogP contribution is -2.15. The SMILES string of the molecule is CCCCCCCCCCCCCCCCCc1[nH]n(-c2ccc(Oc3ccccc3)c(S(=O)(=O)O)c2)c(=O)c1N=Nc1ccccc1N(C)C. The van der Waals surface area contributed by atoms with E-state index >= 15 is 0 Å². The number of nitrogens with zero attached hydrogens (tertiary/aromatic N) is 4. The van der Waals surface area contributed by atoms with Gasteiger partial charge in [0.15, 0.2) is 5.69 Å². The Hall–Kier alpha value is -4.22. The maximum absolute atomic E-state index is 13.9. The fraction of sp³-hybridized carbons (Fsp3) is 0.475. The number of hydrogen-bond donors (Lipinski definition) is 2. The Labute approximate surface area is 303 Å². The van der Waals surface area contributed by atoms with Gasteiger partial charge in [-0.05, 0) is 55.3 Å². The van der Waals surface area contributed by atoms with Gasteiger partial charge >= 0.3 is 0 Å². The van der Waals surface area contributed by atoms with E-state index in [2.05, 4.69) is 22.3 Å². The number of aryl methyl sites for hydroxylation is 1. The zero-order valence-electron chi connectivity index (χ0n) is 30.5. The third-order valence-electron chi connectivity index (χ3n) is 9.02. The molecular formula is C40H55N5O5S. The Bertz CT molecular complexity index is 1830. The van der Waals surface area contributed by atoms with Gasteiger partial charge in [-0.2, -0.15) is 8.42 Å². The van der Waals surface area contributed by atoms with E-state index < -0.39 is 20.6 Å². The zero-order valence-corrected chi connectivity index (χ0v) is 31.3. The molecule has 1 heterocycles. The Kier molecular flexibility index (Phi) is 16.0. The number of H-pyrrole nitrogens is 1. The van der Waals surface area contributed by atoms with Crippen molar-refractivity contribution in [2.75, 3.05) is 19.0 Å². The molecule has 0 aliphatic heterocycles. The number of aromatic amines is 1. The largest absolute Gasteiger partial charge is 0.456 e. The molecule has 4 rings (SSSR count). The minimum Gasteiger partial charge on any atom is -0.456 e. The second-order valence-corrected chi connectivity index (χ2v) is 14.8. The molecule has 1 aromatic heterocycles. The molecule has 0 saturated heterocycles. The van der Waals surface area contributed by atoms with Crippen molar-refractivity contribution in [3.8, 4) is 17.2 Å². The van der Waals surface area contributed by atoms with E-state index in [-0.39, 0.29) is 17.1 Å². The van der Waals surface area contributed by atoms with Gasteiger partial charge in [0, 0.05) is 14.1 Å². The van der Waals surface area contributed by atoms with Gasteiger partial charge in [0.1, 0.15) is 22.1 Å². The van der Waals surface area contributed by atoms with Crippen molar-refractivity contribution < 1.29 is 17.7 Å². The van der Waals surface area contributed by atoms with Crippen LogP contribution in [0.3, 0.4) is 0 Å². The number of ether oxygens (including phenoxy) is 1. The molecule has 11 heteroatoms. The topological polar surface area (TPSA) is 129 Å². The van der Waals surface area contributed by atoms with Crippen LogP contribution in [-0.2, 0) is 16.5 Å². The number of aromatic nitrogens is 2. The van der Waals surface area contributed by atoms with Crippen molar-refractivity contribution in [1.29, 1.82) is 0 Å². The van der Waals surface area contributed by atoms with Crippen molar-refractivity contribution in [3.05, 3.63) is 88.8 Å². The van der Waals surface area contributed by atoms with E-state index in [9.17, 15) is 17.8 Å². The van der Waals surface area contributed by atoms with E-state index in [0.29, 0.717) is 23.6 Å². The first kappa shape index (κ1) is 39.6. The van der Waals surface area contributed by atoms with Crippen LogP contribution in [0.2, 0.25) is 0 Å². The molecule has 51 heavy (non-hydrogen) atoms. The first-order chi connectivity index (χ1) is 24.7. The summed E-state index contributed by atoms with van der Waals surface area (Å²) in [7, 11) is -0.870. The monoisotopic (exact) mass is 717 g/mol. The van der Waals surface area contributed by atoms with E-state index in [0.717, 1.165) is 24.9 Å². The normalized spacial score (nSPS) is 11.8. The maximum Gasteiger partial charge on any atom is 0.299 e. The molecule has 276 valence electrons. The Morgan fingerprint density at radius 3 is 1.90 bits per heavy atom. The molecule has 4 aromatic rings. The van der Waals surface area contributed by atoms with Crippen molar-refractivity contribution in [2.24, 2.45) is 10.2 Å². The highest BCUT2D eigenvalue weighted by Crippen LogP contribution is 2.32.